The van der Waals surface area contributed by atoms with E-state index in [0.29, 0.717) is 26.1 Å². The number of hydrogen-bond acceptors (Lipinski definition) is 6. The predicted octanol–water partition coefficient (Wildman–Crippen LogP) is 3.84. The molecule has 2 aromatic carbocycles. The molecule has 2 aliphatic heterocycles. The predicted molar refractivity (Wildman–Crippen MR) is 112 cm³/mol. The molecule has 0 N–H and O–H groups in total. The summed E-state index contributed by atoms with van der Waals surface area (Å²) in [6, 6.07) is 18.7. The quantitative estimate of drug-likeness (QED) is 0.449. The maximum absolute atomic E-state index is 12.6. The third-order valence-corrected chi connectivity index (χ3v) is 5.86. The number of methoxy groups -OCH3 is 1. The SMILES string of the molecule is CO[C@@]1(CCCOCc2ccccc2)OC(=O)C[C@@H]1N1C(=O)OC[C@@H]1c1ccccc1. The average molecular weight is 425 g/mol. The molecule has 4 rings (SSSR count). The molecular formula is C24H27NO6. The minimum absolute atomic E-state index is 0.0666. The van der Waals surface area contributed by atoms with Gasteiger partial charge in [0.15, 0.2) is 0 Å². The minimum Gasteiger partial charge on any atom is -0.447 e. The number of hydrogen-bond donors (Lipinski definition) is 0. The zero-order chi connectivity index (χ0) is 21.7. The van der Waals surface area contributed by atoms with Crippen molar-refractivity contribution in [1.82, 2.24) is 4.90 Å². The van der Waals surface area contributed by atoms with Crippen LogP contribution in [0.25, 0.3) is 0 Å². The second kappa shape index (κ2) is 9.49. The van der Waals surface area contributed by atoms with Crippen LogP contribution in [0.15, 0.2) is 60.7 Å². The molecule has 2 aliphatic rings. The molecule has 1 amide bonds. The van der Waals surface area contributed by atoms with Crippen LogP contribution in [0.2, 0.25) is 0 Å². The average Bonchev–Trinajstić information content (AvgIpc) is 3.34. The molecule has 0 spiro atoms. The Morgan fingerprint density at radius 1 is 1.06 bits per heavy atom. The van der Waals surface area contributed by atoms with Crippen LogP contribution in [0.5, 0.6) is 0 Å². The van der Waals surface area contributed by atoms with E-state index in [1.54, 1.807) is 4.90 Å². The monoisotopic (exact) mass is 425 g/mol. The van der Waals surface area contributed by atoms with E-state index in [1.807, 2.05) is 60.7 Å². The van der Waals surface area contributed by atoms with E-state index in [2.05, 4.69) is 0 Å². The summed E-state index contributed by atoms with van der Waals surface area (Å²) in [4.78, 5) is 26.5. The lowest BCUT2D eigenvalue weighted by Crippen LogP contribution is -2.52. The fourth-order valence-corrected chi connectivity index (χ4v) is 4.32. The molecule has 2 heterocycles. The van der Waals surface area contributed by atoms with Gasteiger partial charge in [-0.2, -0.15) is 0 Å². The van der Waals surface area contributed by atoms with Crippen molar-refractivity contribution in [2.75, 3.05) is 20.3 Å². The van der Waals surface area contributed by atoms with Crippen LogP contribution in [0.1, 0.15) is 36.4 Å². The molecule has 31 heavy (non-hydrogen) atoms. The van der Waals surface area contributed by atoms with Crippen LogP contribution in [0.3, 0.4) is 0 Å². The minimum atomic E-state index is -1.22. The van der Waals surface area contributed by atoms with Gasteiger partial charge in [0.25, 0.3) is 0 Å². The molecule has 0 saturated carbocycles. The van der Waals surface area contributed by atoms with Gasteiger partial charge in [0.1, 0.15) is 12.6 Å². The number of carbonyl (C=O) groups excluding carboxylic acids is 2. The third kappa shape index (κ3) is 4.57. The van der Waals surface area contributed by atoms with E-state index in [9.17, 15) is 9.59 Å². The first kappa shape index (κ1) is 21.3. The summed E-state index contributed by atoms with van der Waals surface area (Å²) >= 11 is 0. The van der Waals surface area contributed by atoms with Crippen molar-refractivity contribution in [3.63, 3.8) is 0 Å². The molecule has 0 bridgehead atoms. The van der Waals surface area contributed by atoms with Gasteiger partial charge in [0.2, 0.25) is 5.79 Å². The number of esters is 1. The van der Waals surface area contributed by atoms with E-state index < -0.39 is 17.9 Å². The highest BCUT2D eigenvalue weighted by Crippen LogP contribution is 2.42. The van der Waals surface area contributed by atoms with Crippen molar-refractivity contribution < 1.29 is 28.5 Å². The number of carbonyl (C=O) groups is 2. The Balaban J connectivity index is 1.44. The lowest BCUT2D eigenvalue weighted by atomic mass is 9.96. The lowest BCUT2D eigenvalue weighted by molar-refractivity contribution is -0.221. The molecular weight excluding hydrogens is 398 g/mol. The highest BCUT2D eigenvalue weighted by atomic mass is 16.7. The molecule has 0 radical (unpaired) electrons. The van der Waals surface area contributed by atoms with Gasteiger partial charge >= 0.3 is 12.1 Å². The van der Waals surface area contributed by atoms with E-state index >= 15 is 0 Å². The summed E-state index contributed by atoms with van der Waals surface area (Å²) in [5, 5.41) is 0. The Morgan fingerprint density at radius 3 is 2.48 bits per heavy atom. The standard InChI is InChI=1S/C24H27NO6/c1-28-24(13-8-14-29-16-18-9-4-2-5-10-18)21(15-22(26)31-24)25-20(17-30-23(25)27)19-11-6-3-7-12-19/h2-7,9-12,20-21H,8,13-17H2,1H3/t20-,21+,24+/m1/s1. The zero-order valence-corrected chi connectivity index (χ0v) is 17.6. The number of benzene rings is 2. The van der Waals surface area contributed by atoms with Crippen molar-refractivity contribution >= 4 is 12.1 Å². The number of cyclic esters (lactones) is 2. The van der Waals surface area contributed by atoms with Crippen LogP contribution in [0, 0.1) is 0 Å². The maximum atomic E-state index is 12.6. The second-order valence-electron chi connectivity index (χ2n) is 7.76. The number of nitrogens with zero attached hydrogens (tertiary/aromatic N) is 1. The molecule has 2 saturated heterocycles. The van der Waals surface area contributed by atoms with Crippen molar-refractivity contribution in [2.24, 2.45) is 0 Å². The first-order valence-electron chi connectivity index (χ1n) is 10.5. The second-order valence-corrected chi connectivity index (χ2v) is 7.76. The molecule has 2 aromatic rings. The first-order valence-corrected chi connectivity index (χ1v) is 10.5. The van der Waals surface area contributed by atoms with Gasteiger partial charge in [0, 0.05) is 20.1 Å². The fraction of sp³-hybridized carbons (Fsp3) is 0.417. The van der Waals surface area contributed by atoms with Crippen LogP contribution in [0.4, 0.5) is 4.79 Å². The number of rotatable bonds is 9. The first-order chi connectivity index (χ1) is 15.1. The summed E-state index contributed by atoms with van der Waals surface area (Å²) in [6.45, 7) is 1.23. The van der Waals surface area contributed by atoms with Crippen LogP contribution < -0.4 is 0 Å². The van der Waals surface area contributed by atoms with E-state index in [0.717, 1.165) is 11.1 Å². The Kier molecular flexibility index (Phi) is 6.53. The smallest absolute Gasteiger partial charge is 0.410 e. The molecule has 7 nitrogen and oxygen atoms in total. The molecule has 3 atom stereocenters. The Labute approximate surface area is 181 Å². The molecule has 2 fully saturated rings. The van der Waals surface area contributed by atoms with Gasteiger partial charge in [-0.25, -0.2) is 4.79 Å². The van der Waals surface area contributed by atoms with Gasteiger partial charge in [0.05, 0.1) is 19.1 Å². The van der Waals surface area contributed by atoms with Crippen LogP contribution in [-0.4, -0.2) is 49.1 Å². The van der Waals surface area contributed by atoms with E-state index in [4.69, 9.17) is 18.9 Å². The Morgan fingerprint density at radius 2 is 1.77 bits per heavy atom. The number of amides is 1. The Bertz CT molecular complexity index is 889. The van der Waals surface area contributed by atoms with Crippen molar-refractivity contribution in [2.45, 2.75) is 43.7 Å². The molecule has 164 valence electrons. The molecule has 0 unspecified atom stereocenters. The fourth-order valence-electron chi connectivity index (χ4n) is 4.32. The molecule has 7 heteroatoms. The van der Waals surface area contributed by atoms with Crippen molar-refractivity contribution in [1.29, 1.82) is 0 Å². The maximum Gasteiger partial charge on any atom is 0.410 e. The summed E-state index contributed by atoms with van der Waals surface area (Å²) in [5.41, 5.74) is 2.04. The van der Waals surface area contributed by atoms with Crippen LogP contribution in [-0.2, 0) is 30.3 Å². The van der Waals surface area contributed by atoms with E-state index in [-0.39, 0.29) is 25.0 Å². The highest BCUT2D eigenvalue weighted by Gasteiger charge is 2.57. The normalized spacial score (nSPS) is 25.5. The van der Waals surface area contributed by atoms with Gasteiger partial charge in [-0.3, -0.25) is 9.69 Å². The molecule has 0 aliphatic carbocycles. The van der Waals surface area contributed by atoms with Gasteiger partial charge < -0.3 is 18.9 Å². The third-order valence-electron chi connectivity index (χ3n) is 5.86. The van der Waals surface area contributed by atoms with Gasteiger partial charge in [-0.1, -0.05) is 60.7 Å². The summed E-state index contributed by atoms with van der Waals surface area (Å²) in [6.07, 6.45) is 0.638. The van der Waals surface area contributed by atoms with Crippen molar-refractivity contribution in [3.05, 3.63) is 71.8 Å². The summed E-state index contributed by atoms with van der Waals surface area (Å²) in [7, 11) is 1.51. The largest absolute Gasteiger partial charge is 0.447 e. The lowest BCUT2D eigenvalue weighted by Gasteiger charge is -2.38. The topological polar surface area (TPSA) is 74.3 Å². The van der Waals surface area contributed by atoms with Crippen molar-refractivity contribution in [3.8, 4) is 0 Å². The van der Waals surface area contributed by atoms with E-state index in [1.165, 1.54) is 7.11 Å². The zero-order valence-electron chi connectivity index (χ0n) is 17.6. The summed E-state index contributed by atoms with van der Waals surface area (Å²) < 4.78 is 22.5. The van der Waals surface area contributed by atoms with Gasteiger partial charge in [-0.05, 0) is 17.5 Å². The highest BCUT2D eigenvalue weighted by molar-refractivity contribution is 5.77. The van der Waals surface area contributed by atoms with Gasteiger partial charge in [-0.15, -0.1) is 0 Å². The van der Waals surface area contributed by atoms with Crippen LogP contribution >= 0.6 is 0 Å². The molecule has 0 aromatic heterocycles. The number of ether oxygens (including phenoxy) is 4. The summed E-state index contributed by atoms with van der Waals surface area (Å²) in [5.74, 6) is -1.60. The Hall–Kier alpha value is -2.90.